The van der Waals surface area contributed by atoms with Crippen molar-refractivity contribution >= 4 is 0 Å². The van der Waals surface area contributed by atoms with Crippen LogP contribution < -0.4 is 0 Å². The van der Waals surface area contributed by atoms with E-state index in [0.29, 0.717) is 5.92 Å². The van der Waals surface area contributed by atoms with E-state index in [1.807, 2.05) is 13.8 Å². The summed E-state index contributed by atoms with van der Waals surface area (Å²) in [6.45, 7) is 9.14. The first kappa shape index (κ1) is 9.01. The molecule has 0 spiro atoms. The van der Waals surface area contributed by atoms with Crippen molar-refractivity contribution in [2.24, 2.45) is 5.92 Å². The summed E-state index contributed by atoms with van der Waals surface area (Å²) in [5, 5.41) is 0. The Labute approximate surface area is 68.9 Å². The smallest absolute Gasteiger partial charge is 0.168 e. The number of rotatable bonds is 2. The fraction of sp³-hybridized carbons (Fsp3) is 1.00. The second-order valence-electron chi connectivity index (χ2n) is 3.56. The van der Waals surface area contributed by atoms with Gasteiger partial charge in [-0.15, -0.1) is 0 Å². The van der Waals surface area contributed by atoms with Gasteiger partial charge in [0.05, 0.1) is 12.7 Å². The maximum Gasteiger partial charge on any atom is 0.168 e. The minimum absolute atomic E-state index is 0.258. The largest absolute Gasteiger partial charge is 0.347 e. The summed E-state index contributed by atoms with van der Waals surface area (Å²) in [7, 11) is 0. The molecule has 0 aromatic heterocycles. The first-order valence-corrected chi connectivity index (χ1v) is 4.40. The lowest BCUT2D eigenvalue weighted by Crippen LogP contribution is -2.34. The molecule has 0 N–H and O–H groups in total. The van der Waals surface area contributed by atoms with Crippen LogP contribution in [0, 0.1) is 5.92 Å². The van der Waals surface area contributed by atoms with E-state index in [0.717, 1.165) is 13.0 Å². The monoisotopic (exact) mass is 158 g/mol. The maximum absolute atomic E-state index is 5.68. The van der Waals surface area contributed by atoms with Crippen molar-refractivity contribution in [1.29, 1.82) is 0 Å². The summed E-state index contributed by atoms with van der Waals surface area (Å²) in [6, 6.07) is 0. The van der Waals surface area contributed by atoms with Crippen molar-refractivity contribution in [3.63, 3.8) is 0 Å². The van der Waals surface area contributed by atoms with Gasteiger partial charge in [0.15, 0.2) is 5.79 Å². The van der Waals surface area contributed by atoms with Crippen molar-refractivity contribution in [3.8, 4) is 0 Å². The van der Waals surface area contributed by atoms with Gasteiger partial charge in [0.2, 0.25) is 0 Å². The van der Waals surface area contributed by atoms with Gasteiger partial charge in [-0.25, -0.2) is 0 Å². The molecule has 1 fully saturated rings. The molecular formula is C9H18O2. The van der Waals surface area contributed by atoms with Gasteiger partial charge in [-0.05, 0) is 20.3 Å². The summed E-state index contributed by atoms with van der Waals surface area (Å²) < 4.78 is 11.3. The fourth-order valence-corrected chi connectivity index (χ4v) is 1.38. The molecule has 1 aliphatic heterocycles. The summed E-state index contributed by atoms with van der Waals surface area (Å²) in [6.07, 6.45) is 1.36. The van der Waals surface area contributed by atoms with Crippen LogP contribution >= 0.6 is 0 Å². The predicted molar refractivity (Wildman–Crippen MR) is 44.4 cm³/mol. The van der Waals surface area contributed by atoms with Crippen LogP contribution in [0.4, 0.5) is 0 Å². The second kappa shape index (κ2) is 3.11. The molecule has 0 radical (unpaired) electrons. The van der Waals surface area contributed by atoms with Crippen LogP contribution in [0.3, 0.4) is 0 Å². The second-order valence-corrected chi connectivity index (χ2v) is 3.56. The molecule has 0 bridgehead atoms. The van der Waals surface area contributed by atoms with Gasteiger partial charge in [-0.1, -0.05) is 13.8 Å². The highest BCUT2D eigenvalue weighted by molar-refractivity contribution is 4.77. The van der Waals surface area contributed by atoms with Gasteiger partial charge >= 0.3 is 0 Å². The molecule has 0 aliphatic carbocycles. The summed E-state index contributed by atoms with van der Waals surface area (Å²) in [4.78, 5) is 0. The molecule has 0 aromatic rings. The molecule has 11 heavy (non-hydrogen) atoms. The molecule has 2 nitrogen and oxygen atoms in total. The van der Waals surface area contributed by atoms with Crippen LogP contribution in [0.1, 0.15) is 34.1 Å². The summed E-state index contributed by atoms with van der Waals surface area (Å²) in [5.74, 6) is 0.154. The average Bonchev–Trinajstić information content (AvgIpc) is 2.31. The Balaban J connectivity index is 2.54. The van der Waals surface area contributed by atoms with E-state index < -0.39 is 0 Å². The molecule has 3 atom stereocenters. The lowest BCUT2D eigenvalue weighted by Gasteiger charge is -2.29. The predicted octanol–water partition coefficient (Wildman–Crippen LogP) is 2.18. The maximum atomic E-state index is 5.68. The zero-order valence-corrected chi connectivity index (χ0v) is 7.89. The lowest BCUT2D eigenvalue weighted by atomic mass is 10.00. The third-order valence-corrected chi connectivity index (χ3v) is 2.55. The van der Waals surface area contributed by atoms with Crippen molar-refractivity contribution in [3.05, 3.63) is 0 Å². The van der Waals surface area contributed by atoms with E-state index >= 15 is 0 Å². The van der Waals surface area contributed by atoms with Crippen LogP contribution in [0.25, 0.3) is 0 Å². The molecule has 3 unspecified atom stereocenters. The SMILES string of the molecule is CCC(C)C1(C)OCC(C)O1. The van der Waals surface area contributed by atoms with Crippen LogP contribution in [-0.2, 0) is 9.47 Å². The molecule has 66 valence electrons. The Bertz CT molecular complexity index is 136. The standard InChI is InChI=1S/C9H18O2/c1-5-7(2)9(4)10-6-8(3)11-9/h7-8H,5-6H2,1-4H3. The van der Waals surface area contributed by atoms with Gasteiger partial charge in [0, 0.05) is 5.92 Å². The summed E-state index contributed by atoms with van der Waals surface area (Å²) in [5.41, 5.74) is 0. The first-order chi connectivity index (χ1) is 5.08. The number of hydrogen-bond acceptors (Lipinski definition) is 2. The van der Waals surface area contributed by atoms with Crippen molar-refractivity contribution in [2.45, 2.75) is 46.0 Å². The van der Waals surface area contributed by atoms with Gasteiger partial charge in [-0.2, -0.15) is 0 Å². The molecule has 0 saturated carbocycles. The molecule has 0 amide bonds. The Morgan fingerprint density at radius 2 is 2.27 bits per heavy atom. The van der Waals surface area contributed by atoms with Crippen LogP contribution in [0.2, 0.25) is 0 Å². The van der Waals surface area contributed by atoms with Crippen LogP contribution in [-0.4, -0.2) is 18.5 Å². The Hall–Kier alpha value is -0.0800. The van der Waals surface area contributed by atoms with Crippen LogP contribution in [0.5, 0.6) is 0 Å². The van der Waals surface area contributed by atoms with Gasteiger partial charge in [0.25, 0.3) is 0 Å². The Morgan fingerprint density at radius 1 is 1.64 bits per heavy atom. The molecule has 1 aliphatic rings. The highest BCUT2D eigenvalue weighted by Gasteiger charge is 2.39. The average molecular weight is 158 g/mol. The van der Waals surface area contributed by atoms with Crippen molar-refractivity contribution < 1.29 is 9.47 Å². The minimum Gasteiger partial charge on any atom is -0.347 e. The zero-order valence-electron chi connectivity index (χ0n) is 7.89. The third-order valence-electron chi connectivity index (χ3n) is 2.55. The van der Waals surface area contributed by atoms with E-state index in [2.05, 4.69) is 13.8 Å². The molecule has 1 saturated heterocycles. The zero-order chi connectivity index (χ0) is 8.48. The molecule has 2 heteroatoms. The van der Waals surface area contributed by atoms with Crippen LogP contribution in [0.15, 0.2) is 0 Å². The van der Waals surface area contributed by atoms with Gasteiger partial charge < -0.3 is 9.47 Å². The first-order valence-electron chi connectivity index (χ1n) is 4.40. The topological polar surface area (TPSA) is 18.5 Å². The summed E-state index contributed by atoms with van der Waals surface area (Å²) >= 11 is 0. The van der Waals surface area contributed by atoms with Gasteiger partial charge in [0.1, 0.15) is 0 Å². The third kappa shape index (κ3) is 1.74. The van der Waals surface area contributed by atoms with E-state index in [4.69, 9.17) is 9.47 Å². The quantitative estimate of drug-likeness (QED) is 0.613. The Kier molecular flexibility index (Phi) is 2.55. The molecular weight excluding hydrogens is 140 g/mol. The fourth-order valence-electron chi connectivity index (χ4n) is 1.38. The number of hydrogen-bond donors (Lipinski definition) is 0. The molecule has 1 rings (SSSR count). The van der Waals surface area contributed by atoms with Crippen molar-refractivity contribution in [2.75, 3.05) is 6.61 Å². The molecule has 1 heterocycles. The molecule has 0 aromatic carbocycles. The van der Waals surface area contributed by atoms with Gasteiger partial charge in [-0.3, -0.25) is 0 Å². The highest BCUT2D eigenvalue weighted by atomic mass is 16.7. The van der Waals surface area contributed by atoms with E-state index in [9.17, 15) is 0 Å². The number of ether oxygens (including phenoxy) is 2. The van der Waals surface area contributed by atoms with E-state index in [1.54, 1.807) is 0 Å². The van der Waals surface area contributed by atoms with E-state index in [1.165, 1.54) is 0 Å². The normalized spacial score (nSPS) is 40.9. The van der Waals surface area contributed by atoms with Crippen molar-refractivity contribution in [1.82, 2.24) is 0 Å². The lowest BCUT2D eigenvalue weighted by molar-refractivity contribution is -0.186. The Morgan fingerprint density at radius 3 is 2.64 bits per heavy atom. The highest BCUT2D eigenvalue weighted by Crippen LogP contribution is 2.32. The minimum atomic E-state index is -0.325. The van der Waals surface area contributed by atoms with E-state index in [-0.39, 0.29) is 11.9 Å².